The lowest BCUT2D eigenvalue weighted by atomic mass is 10.1. The summed E-state index contributed by atoms with van der Waals surface area (Å²) < 4.78 is 0. The fraction of sp³-hybridized carbons (Fsp3) is 0.412. The first-order valence-electron chi connectivity index (χ1n) is 7.53. The zero-order valence-corrected chi connectivity index (χ0v) is 12.9. The van der Waals surface area contributed by atoms with Crippen molar-refractivity contribution in [2.24, 2.45) is 0 Å². The molecule has 21 heavy (non-hydrogen) atoms. The summed E-state index contributed by atoms with van der Waals surface area (Å²) in [4.78, 5) is 20.1. The Morgan fingerprint density at radius 3 is 2.67 bits per heavy atom. The molecule has 0 saturated heterocycles. The maximum absolute atomic E-state index is 12.7. The molecule has 2 aromatic heterocycles. The van der Waals surface area contributed by atoms with Gasteiger partial charge >= 0.3 is 0 Å². The van der Waals surface area contributed by atoms with Crippen LogP contribution in [0.4, 0.5) is 0 Å². The van der Waals surface area contributed by atoms with E-state index in [-0.39, 0.29) is 5.91 Å². The average Bonchev–Trinajstić information content (AvgIpc) is 3.19. The molecule has 1 fully saturated rings. The van der Waals surface area contributed by atoms with Crippen molar-refractivity contribution in [3.8, 4) is 0 Å². The van der Waals surface area contributed by atoms with E-state index in [1.54, 1.807) is 23.7 Å². The van der Waals surface area contributed by atoms with Crippen LogP contribution in [0, 0.1) is 0 Å². The number of nitrogens with zero attached hydrogens (tertiary/aromatic N) is 2. The lowest BCUT2D eigenvalue weighted by molar-refractivity contribution is -0.133. The van der Waals surface area contributed by atoms with Crippen LogP contribution in [0.2, 0.25) is 0 Å². The fourth-order valence-corrected chi connectivity index (χ4v) is 3.69. The Kier molecular flexibility index (Phi) is 4.65. The number of thiophene rings is 1. The maximum atomic E-state index is 12.7. The Labute approximate surface area is 129 Å². The highest BCUT2D eigenvalue weighted by atomic mass is 32.1. The van der Waals surface area contributed by atoms with E-state index >= 15 is 0 Å². The molecule has 110 valence electrons. The van der Waals surface area contributed by atoms with Gasteiger partial charge in [-0.2, -0.15) is 0 Å². The standard InChI is InChI=1S/C17H20N2OS/c20-17(12-14-7-9-18-10-8-14)19(15-4-1-2-5-15)13-16-6-3-11-21-16/h3,6-11,15H,1-2,4-5,12-13H2. The van der Waals surface area contributed by atoms with Crippen LogP contribution in [0.15, 0.2) is 42.0 Å². The van der Waals surface area contributed by atoms with Crippen molar-refractivity contribution >= 4 is 17.2 Å². The van der Waals surface area contributed by atoms with Crippen LogP contribution in [0.25, 0.3) is 0 Å². The Hall–Kier alpha value is -1.68. The number of pyridine rings is 1. The number of hydrogen-bond donors (Lipinski definition) is 0. The molecule has 1 amide bonds. The van der Waals surface area contributed by atoms with Crippen LogP contribution in [0.3, 0.4) is 0 Å². The number of aromatic nitrogens is 1. The Morgan fingerprint density at radius 1 is 1.24 bits per heavy atom. The van der Waals surface area contributed by atoms with E-state index in [4.69, 9.17) is 0 Å². The normalized spacial score (nSPS) is 15.2. The molecule has 2 aromatic rings. The van der Waals surface area contributed by atoms with Gasteiger partial charge in [-0.05, 0) is 42.0 Å². The smallest absolute Gasteiger partial charge is 0.227 e. The predicted octanol–water partition coefficient (Wildman–Crippen LogP) is 3.66. The lowest BCUT2D eigenvalue weighted by Gasteiger charge is -2.29. The van der Waals surface area contributed by atoms with E-state index in [0.29, 0.717) is 12.5 Å². The predicted molar refractivity (Wildman–Crippen MR) is 85.1 cm³/mol. The number of rotatable bonds is 5. The first-order chi connectivity index (χ1) is 10.3. The van der Waals surface area contributed by atoms with Crippen LogP contribution >= 0.6 is 11.3 Å². The van der Waals surface area contributed by atoms with Crippen LogP contribution in [0.1, 0.15) is 36.1 Å². The second kappa shape index (κ2) is 6.85. The van der Waals surface area contributed by atoms with Gasteiger partial charge in [0.1, 0.15) is 0 Å². The second-order valence-electron chi connectivity index (χ2n) is 5.57. The molecule has 3 rings (SSSR count). The van der Waals surface area contributed by atoms with Crippen molar-refractivity contribution in [3.05, 3.63) is 52.5 Å². The highest BCUT2D eigenvalue weighted by Gasteiger charge is 2.26. The molecular weight excluding hydrogens is 280 g/mol. The van der Waals surface area contributed by atoms with E-state index in [0.717, 1.165) is 24.9 Å². The number of amides is 1. The molecule has 0 aliphatic heterocycles. The quantitative estimate of drug-likeness (QED) is 0.844. The molecule has 1 aliphatic rings. The Bertz CT molecular complexity index is 562. The minimum absolute atomic E-state index is 0.238. The third-order valence-electron chi connectivity index (χ3n) is 4.10. The number of carbonyl (C=O) groups excluding carboxylic acids is 1. The van der Waals surface area contributed by atoms with Crippen LogP contribution in [-0.2, 0) is 17.8 Å². The van der Waals surface area contributed by atoms with Gasteiger partial charge in [0.2, 0.25) is 5.91 Å². The zero-order chi connectivity index (χ0) is 14.5. The highest BCUT2D eigenvalue weighted by molar-refractivity contribution is 7.09. The van der Waals surface area contributed by atoms with Gasteiger partial charge in [-0.15, -0.1) is 11.3 Å². The molecule has 0 atom stereocenters. The first-order valence-corrected chi connectivity index (χ1v) is 8.41. The monoisotopic (exact) mass is 300 g/mol. The highest BCUT2D eigenvalue weighted by Crippen LogP contribution is 2.26. The SMILES string of the molecule is O=C(Cc1ccncc1)N(Cc1cccs1)C1CCCC1. The van der Waals surface area contributed by atoms with Crippen LogP contribution < -0.4 is 0 Å². The van der Waals surface area contributed by atoms with Gasteiger partial charge in [-0.25, -0.2) is 0 Å². The van der Waals surface area contributed by atoms with Crippen molar-refractivity contribution < 1.29 is 4.79 Å². The van der Waals surface area contributed by atoms with Crippen molar-refractivity contribution in [1.29, 1.82) is 0 Å². The summed E-state index contributed by atoms with van der Waals surface area (Å²) in [6.07, 6.45) is 8.76. The molecule has 1 saturated carbocycles. The molecule has 0 radical (unpaired) electrons. The summed E-state index contributed by atoms with van der Waals surface area (Å²) in [5, 5.41) is 2.08. The van der Waals surface area contributed by atoms with Crippen molar-refractivity contribution in [2.75, 3.05) is 0 Å². The van der Waals surface area contributed by atoms with E-state index < -0.39 is 0 Å². The third-order valence-corrected chi connectivity index (χ3v) is 4.96. The first kappa shape index (κ1) is 14.3. The number of carbonyl (C=O) groups is 1. The second-order valence-corrected chi connectivity index (χ2v) is 6.60. The summed E-state index contributed by atoms with van der Waals surface area (Å²) in [5.74, 6) is 0.238. The molecule has 0 bridgehead atoms. The van der Waals surface area contributed by atoms with Gasteiger partial charge in [0.15, 0.2) is 0 Å². The molecule has 1 aliphatic carbocycles. The van der Waals surface area contributed by atoms with Gasteiger partial charge < -0.3 is 4.90 Å². The molecular formula is C17H20N2OS. The van der Waals surface area contributed by atoms with Gasteiger partial charge in [0.25, 0.3) is 0 Å². The minimum Gasteiger partial charge on any atom is -0.334 e. The summed E-state index contributed by atoms with van der Waals surface area (Å²) in [6.45, 7) is 0.756. The summed E-state index contributed by atoms with van der Waals surface area (Å²) >= 11 is 1.73. The van der Waals surface area contributed by atoms with Crippen molar-refractivity contribution in [2.45, 2.75) is 44.7 Å². The van der Waals surface area contributed by atoms with Gasteiger partial charge in [-0.3, -0.25) is 9.78 Å². The molecule has 0 unspecified atom stereocenters. The van der Waals surface area contributed by atoms with Crippen molar-refractivity contribution in [3.63, 3.8) is 0 Å². The summed E-state index contributed by atoms with van der Waals surface area (Å²) in [7, 11) is 0. The molecule has 0 N–H and O–H groups in total. The summed E-state index contributed by atoms with van der Waals surface area (Å²) in [5.41, 5.74) is 1.05. The van der Waals surface area contributed by atoms with E-state index in [2.05, 4.69) is 27.4 Å². The lowest BCUT2D eigenvalue weighted by Crippen LogP contribution is -2.39. The van der Waals surface area contributed by atoms with Crippen LogP contribution in [-0.4, -0.2) is 21.8 Å². The topological polar surface area (TPSA) is 33.2 Å². The van der Waals surface area contributed by atoms with E-state index in [1.165, 1.54) is 17.7 Å². The number of hydrogen-bond acceptors (Lipinski definition) is 3. The fourth-order valence-electron chi connectivity index (χ4n) is 2.98. The third kappa shape index (κ3) is 3.70. The molecule has 2 heterocycles. The van der Waals surface area contributed by atoms with Gasteiger partial charge in [0, 0.05) is 23.3 Å². The zero-order valence-electron chi connectivity index (χ0n) is 12.1. The average molecular weight is 300 g/mol. The van der Waals surface area contributed by atoms with Crippen molar-refractivity contribution in [1.82, 2.24) is 9.88 Å². The Morgan fingerprint density at radius 2 is 2.00 bits per heavy atom. The molecule has 0 aromatic carbocycles. The van der Waals surface area contributed by atoms with Gasteiger partial charge in [-0.1, -0.05) is 18.9 Å². The molecule has 3 nitrogen and oxygen atoms in total. The van der Waals surface area contributed by atoms with Crippen LogP contribution in [0.5, 0.6) is 0 Å². The van der Waals surface area contributed by atoms with E-state index in [1.807, 2.05) is 12.1 Å². The molecule has 0 spiro atoms. The largest absolute Gasteiger partial charge is 0.334 e. The Balaban J connectivity index is 1.72. The molecule has 4 heteroatoms. The minimum atomic E-state index is 0.238. The van der Waals surface area contributed by atoms with Gasteiger partial charge in [0.05, 0.1) is 13.0 Å². The van der Waals surface area contributed by atoms with E-state index in [9.17, 15) is 4.79 Å². The summed E-state index contributed by atoms with van der Waals surface area (Å²) in [6, 6.07) is 8.44. The maximum Gasteiger partial charge on any atom is 0.227 e.